The highest BCUT2D eigenvalue weighted by Crippen LogP contribution is 2.33. The quantitative estimate of drug-likeness (QED) is 0.500. The van der Waals surface area contributed by atoms with Crippen LogP contribution in [-0.4, -0.2) is 12.0 Å². The Morgan fingerprint density at radius 2 is 2.10 bits per heavy atom. The molecule has 1 unspecified atom stereocenters. The Bertz CT molecular complexity index is 616. The van der Waals surface area contributed by atoms with Crippen LogP contribution in [0, 0.1) is 0 Å². The summed E-state index contributed by atoms with van der Waals surface area (Å²) in [6.07, 6.45) is 0.869. The predicted molar refractivity (Wildman–Crippen MR) is 83.3 cm³/mol. The molecule has 2 rings (SSSR count). The van der Waals surface area contributed by atoms with Crippen molar-refractivity contribution < 1.29 is 9.53 Å². The molecule has 1 amide bonds. The van der Waals surface area contributed by atoms with Crippen molar-refractivity contribution in [3.05, 3.63) is 40.9 Å². The fourth-order valence-electron chi connectivity index (χ4n) is 2.06. The second kappa shape index (κ2) is 6.72. The van der Waals surface area contributed by atoms with Gasteiger partial charge >= 0.3 is 0 Å². The molecule has 0 aromatic heterocycles. The topological polar surface area (TPSA) is 64.3 Å². The number of carbonyl (C=O) groups is 1. The summed E-state index contributed by atoms with van der Waals surface area (Å²) in [5.74, 6) is 5.53. The largest absolute Gasteiger partial charge is 0.479 e. The fourth-order valence-corrected chi connectivity index (χ4v) is 2.64. The summed E-state index contributed by atoms with van der Waals surface area (Å²) >= 11 is 3.54. The highest BCUT2D eigenvalue weighted by molar-refractivity contribution is 9.10. The van der Waals surface area contributed by atoms with Crippen LogP contribution < -0.4 is 16.0 Å². The van der Waals surface area contributed by atoms with Gasteiger partial charge in [0, 0.05) is 0 Å². The predicted octanol–water partition coefficient (Wildman–Crippen LogP) is 3.14. The molecule has 0 aliphatic rings. The van der Waals surface area contributed by atoms with E-state index in [4.69, 9.17) is 10.6 Å². The lowest BCUT2D eigenvalue weighted by atomic mass is 10.1. The summed E-state index contributed by atoms with van der Waals surface area (Å²) in [5.41, 5.74) is 2.15. The zero-order chi connectivity index (χ0) is 14.5. The molecule has 0 bridgehead atoms. The number of nitrogens with two attached hydrogens (primary N) is 1. The minimum atomic E-state index is -0.581. The lowest BCUT2D eigenvalue weighted by Crippen LogP contribution is -2.42. The van der Waals surface area contributed by atoms with Gasteiger partial charge in [-0.05, 0) is 39.2 Å². The van der Waals surface area contributed by atoms with Crippen LogP contribution in [0.4, 0.5) is 0 Å². The van der Waals surface area contributed by atoms with Crippen LogP contribution >= 0.6 is 15.9 Å². The van der Waals surface area contributed by atoms with Crippen molar-refractivity contribution in [2.24, 2.45) is 5.84 Å². The third-order valence-electron chi connectivity index (χ3n) is 3.08. The van der Waals surface area contributed by atoms with Crippen molar-refractivity contribution in [2.45, 2.75) is 25.9 Å². The van der Waals surface area contributed by atoms with Gasteiger partial charge in [0.05, 0.1) is 4.47 Å². The molecule has 2 aromatic carbocycles. The van der Waals surface area contributed by atoms with Crippen LogP contribution in [0.15, 0.2) is 40.9 Å². The molecule has 2 aromatic rings. The molecule has 0 aliphatic heterocycles. The van der Waals surface area contributed by atoms with E-state index in [0.29, 0.717) is 12.2 Å². The first-order valence-electron chi connectivity index (χ1n) is 6.51. The first kappa shape index (κ1) is 14.8. The lowest BCUT2D eigenvalue weighted by molar-refractivity contribution is -0.128. The number of nitrogens with one attached hydrogen (secondary N) is 1. The molecule has 0 saturated heterocycles. The number of benzene rings is 2. The molecule has 106 valence electrons. The number of hydrazine groups is 1. The highest BCUT2D eigenvalue weighted by atomic mass is 79.9. The van der Waals surface area contributed by atoms with E-state index in [0.717, 1.165) is 21.7 Å². The molecule has 4 nitrogen and oxygen atoms in total. The normalized spacial score (nSPS) is 12.2. The van der Waals surface area contributed by atoms with Gasteiger partial charge in [-0.15, -0.1) is 0 Å². The van der Waals surface area contributed by atoms with Crippen LogP contribution in [0.25, 0.3) is 10.8 Å². The Labute approximate surface area is 126 Å². The number of halogens is 1. The summed E-state index contributed by atoms with van der Waals surface area (Å²) in [5, 5.41) is 2.16. The first-order valence-corrected chi connectivity index (χ1v) is 7.31. The molecule has 3 N–H and O–H groups in total. The maximum atomic E-state index is 11.7. The molecule has 0 spiro atoms. The summed E-state index contributed by atoms with van der Waals surface area (Å²) < 4.78 is 6.66. The van der Waals surface area contributed by atoms with Crippen LogP contribution in [0.1, 0.15) is 19.8 Å². The van der Waals surface area contributed by atoms with E-state index in [1.807, 2.05) is 43.3 Å². The van der Waals surface area contributed by atoms with Gasteiger partial charge in [0.1, 0.15) is 5.75 Å². The number of ether oxygens (including phenoxy) is 1. The van der Waals surface area contributed by atoms with Crippen LogP contribution in [0.3, 0.4) is 0 Å². The van der Waals surface area contributed by atoms with Gasteiger partial charge in [-0.25, -0.2) is 5.84 Å². The summed E-state index contributed by atoms with van der Waals surface area (Å²) in [6, 6.07) is 11.8. The van der Waals surface area contributed by atoms with Crippen LogP contribution in [0.5, 0.6) is 5.75 Å². The molecule has 20 heavy (non-hydrogen) atoms. The number of amides is 1. The molecule has 1 atom stereocenters. The van der Waals surface area contributed by atoms with Gasteiger partial charge in [-0.2, -0.15) is 0 Å². The standard InChI is InChI=1S/C15H17BrN2O2/c1-2-5-13(15(19)18-17)20-12-9-8-10-6-3-4-7-11(10)14(12)16/h3-4,6-9,13H,2,5,17H2,1H3,(H,18,19). The maximum absolute atomic E-state index is 11.7. The Morgan fingerprint density at radius 3 is 2.80 bits per heavy atom. The van der Waals surface area contributed by atoms with E-state index in [1.54, 1.807) is 0 Å². The van der Waals surface area contributed by atoms with Gasteiger partial charge in [0.25, 0.3) is 5.91 Å². The Morgan fingerprint density at radius 1 is 1.35 bits per heavy atom. The minimum Gasteiger partial charge on any atom is -0.479 e. The van der Waals surface area contributed by atoms with E-state index in [1.165, 1.54) is 0 Å². The Kier molecular flexibility index (Phi) is 4.98. The highest BCUT2D eigenvalue weighted by Gasteiger charge is 2.20. The van der Waals surface area contributed by atoms with Crippen molar-refractivity contribution in [3.63, 3.8) is 0 Å². The second-order valence-electron chi connectivity index (χ2n) is 4.50. The summed E-state index contributed by atoms with van der Waals surface area (Å²) in [7, 11) is 0. The first-order chi connectivity index (χ1) is 9.67. The van der Waals surface area contributed by atoms with Crippen molar-refractivity contribution >= 4 is 32.6 Å². The van der Waals surface area contributed by atoms with E-state index >= 15 is 0 Å². The number of carbonyl (C=O) groups excluding carboxylic acids is 1. The van der Waals surface area contributed by atoms with Gasteiger partial charge in [-0.1, -0.05) is 43.7 Å². The average Bonchev–Trinajstić information content (AvgIpc) is 2.48. The molecule has 0 saturated carbocycles. The molecule has 0 aliphatic carbocycles. The molecule has 0 heterocycles. The zero-order valence-corrected chi connectivity index (χ0v) is 12.8. The van der Waals surface area contributed by atoms with E-state index < -0.39 is 6.10 Å². The van der Waals surface area contributed by atoms with Gasteiger partial charge in [0.2, 0.25) is 0 Å². The summed E-state index contributed by atoms with van der Waals surface area (Å²) in [6.45, 7) is 2.00. The molecular formula is C15H17BrN2O2. The van der Waals surface area contributed by atoms with E-state index in [9.17, 15) is 4.79 Å². The number of hydrogen-bond acceptors (Lipinski definition) is 3. The third kappa shape index (κ3) is 3.11. The Balaban J connectivity index is 2.32. The van der Waals surface area contributed by atoms with Crippen molar-refractivity contribution in [3.8, 4) is 5.75 Å². The third-order valence-corrected chi connectivity index (χ3v) is 3.90. The van der Waals surface area contributed by atoms with Crippen LogP contribution in [0.2, 0.25) is 0 Å². The van der Waals surface area contributed by atoms with E-state index in [-0.39, 0.29) is 5.91 Å². The smallest absolute Gasteiger partial charge is 0.274 e. The molecular weight excluding hydrogens is 320 g/mol. The summed E-state index contributed by atoms with van der Waals surface area (Å²) in [4.78, 5) is 11.7. The second-order valence-corrected chi connectivity index (χ2v) is 5.30. The number of rotatable bonds is 5. The number of hydrogen-bond donors (Lipinski definition) is 2. The molecule has 0 fully saturated rings. The molecule has 0 radical (unpaired) electrons. The van der Waals surface area contributed by atoms with Crippen molar-refractivity contribution in [2.75, 3.05) is 0 Å². The molecule has 5 heteroatoms. The lowest BCUT2D eigenvalue weighted by Gasteiger charge is -2.18. The van der Waals surface area contributed by atoms with Crippen LogP contribution in [-0.2, 0) is 4.79 Å². The maximum Gasteiger partial charge on any atom is 0.274 e. The average molecular weight is 337 g/mol. The minimum absolute atomic E-state index is 0.313. The number of fused-ring (bicyclic) bond motifs is 1. The zero-order valence-electron chi connectivity index (χ0n) is 11.2. The van der Waals surface area contributed by atoms with Crippen molar-refractivity contribution in [1.29, 1.82) is 0 Å². The Hall–Kier alpha value is -1.59. The van der Waals surface area contributed by atoms with E-state index in [2.05, 4.69) is 21.4 Å². The monoisotopic (exact) mass is 336 g/mol. The van der Waals surface area contributed by atoms with Gasteiger partial charge in [0.15, 0.2) is 6.10 Å². The fraction of sp³-hybridized carbons (Fsp3) is 0.267. The van der Waals surface area contributed by atoms with Gasteiger partial charge in [-0.3, -0.25) is 10.2 Å². The van der Waals surface area contributed by atoms with Gasteiger partial charge < -0.3 is 4.74 Å². The SMILES string of the molecule is CCCC(Oc1ccc2ccccc2c1Br)C(=O)NN. The van der Waals surface area contributed by atoms with Crippen molar-refractivity contribution in [1.82, 2.24) is 5.43 Å².